The Hall–Kier alpha value is -1.15. The monoisotopic (exact) mass is 308 g/mol. The predicted octanol–water partition coefficient (Wildman–Crippen LogP) is 2.23. The van der Waals surface area contributed by atoms with Crippen LogP contribution in [0.3, 0.4) is 0 Å². The first-order chi connectivity index (χ1) is 9.27. The normalized spacial score (nSPS) is 19.1. The Kier molecular flexibility index (Phi) is 4.06. The first-order valence-corrected chi connectivity index (χ1v) is 7.11. The van der Waals surface area contributed by atoms with E-state index < -0.39 is 24.6 Å². The van der Waals surface area contributed by atoms with Crippen molar-refractivity contribution >= 4 is 17.2 Å². The minimum atomic E-state index is -4.65. The minimum absolute atomic E-state index is 0.103. The van der Waals surface area contributed by atoms with E-state index in [1.807, 2.05) is 6.92 Å². The maximum absolute atomic E-state index is 12.7. The molecule has 1 aromatic heterocycles. The molecule has 1 fully saturated rings. The van der Waals surface area contributed by atoms with Crippen LogP contribution in [0, 0.1) is 0 Å². The first-order valence-electron chi connectivity index (χ1n) is 6.30. The fourth-order valence-electron chi connectivity index (χ4n) is 2.09. The molecule has 8 heteroatoms. The number of likely N-dealkylation sites (tertiary alicyclic amines) is 1. The molecule has 1 amide bonds. The van der Waals surface area contributed by atoms with Crippen molar-refractivity contribution in [1.29, 1.82) is 0 Å². The molecule has 1 aliphatic heterocycles. The highest BCUT2D eigenvalue weighted by molar-refractivity contribution is 7.13. The lowest BCUT2D eigenvalue weighted by atomic mass is 9.91. The second kappa shape index (κ2) is 5.33. The van der Waals surface area contributed by atoms with E-state index in [-0.39, 0.29) is 19.0 Å². The molecule has 0 aromatic carbocycles. The molecule has 0 saturated carbocycles. The van der Waals surface area contributed by atoms with Crippen LogP contribution >= 0.6 is 11.3 Å². The number of aromatic nitrogens is 1. The van der Waals surface area contributed by atoms with E-state index in [2.05, 4.69) is 4.98 Å². The van der Waals surface area contributed by atoms with Crippen LogP contribution in [-0.4, -0.2) is 45.8 Å². The van der Waals surface area contributed by atoms with Crippen molar-refractivity contribution in [2.24, 2.45) is 0 Å². The number of halogens is 3. The molecule has 20 heavy (non-hydrogen) atoms. The Bertz CT molecular complexity index is 493. The molecule has 0 aliphatic carbocycles. The second-order valence-corrected chi connectivity index (χ2v) is 5.91. The number of thiazole rings is 1. The Morgan fingerprint density at radius 2 is 2.10 bits per heavy atom. The van der Waals surface area contributed by atoms with Gasteiger partial charge in [0.05, 0.1) is 11.2 Å². The van der Waals surface area contributed by atoms with Crippen molar-refractivity contribution in [2.45, 2.75) is 38.0 Å². The molecule has 0 bridgehead atoms. The van der Waals surface area contributed by atoms with Crippen LogP contribution in [0.25, 0.3) is 0 Å². The molecule has 4 nitrogen and oxygen atoms in total. The van der Waals surface area contributed by atoms with E-state index in [4.69, 9.17) is 0 Å². The van der Waals surface area contributed by atoms with E-state index in [9.17, 15) is 23.1 Å². The van der Waals surface area contributed by atoms with Crippen LogP contribution in [0.5, 0.6) is 0 Å². The minimum Gasteiger partial charge on any atom is -0.380 e. The molecule has 112 valence electrons. The van der Waals surface area contributed by atoms with Crippen molar-refractivity contribution in [3.63, 3.8) is 0 Å². The van der Waals surface area contributed by atoms with Gasteiger partial charge >= 0.3 is 6.18 Å². The molecular formula is C12H15F3N2O2S. The van der Waals surface area contributed by atoms with Crippen LogP contribution in [0.4, 0.5) is 13.2 Å². The number of carbonyl (C=O) groups is 1. The highest BCUT2D eigenvalue weighted by Crippen LogP contribution is 2.38. The zero-order valence-electron chi connectivity index (χ0n) is 10.9. The maximum atomic E-state index is 12.7. The quantitative estimate of drug-likeness (QED) is 0.911. The number of nitrogens with zero attached hydrogens (tertiary/aromatic N) is 2. The van der Waals surface area contributed by atoms with Crippen molar-refractivity contribution in [2.75, 3.05) is 13.1 Å². The summed E-state index contributed by atoms with van der Waals surface area (Å²) in [4.78, 5) is 18.0. The standard InChI is InChI=1S/C12H15F3N2O2S/c1-2-9-16-7-8(20-9)10(18)17-5-3-11(19,4-6-17)12(13,14)15/h7,19H,2-6H2,1H3. The summed E-state index contributed by atoms with van der Waals surface area (Å²) in [5.74, 6) is -0.313. The Morgan fingerprint density at radius 1 is 1.50 bits per heavy atom. The van der Waals surface area contributed by atoms with Crippen molar-refractivity contribution in [1.82, 2.24) is 9.88 Å². The highest BCUT2D eigenvalue weighted by Gasteiger charge is 2.54. The molecule has 0 radical (unpaired) electrons. The van der Waals surface area contributed by atoms with E-state index in [0.717, 1.165) is 5.01 Å². The fourth-order valence-corrected chi connectivity index (χ4v) is 2.92. The summed E-state index contributed by atoms with van der Waals surface area (Å²) in [6.07, 6.45) is -3.45. The van der Waals surface area contributed by atoms with Gasteiger partial charge in [-0.15, -0.1) is 11.3 Å². The van der Waals surface area contributed by atoms with Gasteiger partial charge in [0.15, 0.2) is 5.60 Å². The number of amides is 1. The van der Waals surface area contributed by atoms with Gasteiger partial charge in [0.25, 0.3) is 5.91 Å². The lowest BCUT2D eigenvalue weighted by molar-refractivity contribution is -0.271. The van der Waals surface area contributed by atoms with Gasteiger partial charge in [-0.2, -0.15) is 13.2 Å². The summed E-state index contributed by atoms with van der Waals surface area (Å²) in [7, 11) is 0. The summed E-state index contributed by atoms with van der Waals surface area (Å²) < 4.78 is 38.0. The Labute approximate surface area is 118 Å². The molecule has 2 heterocycles. The van der Waals surface area contributed by atoms with Gasteiger partial charge < -0.3 is 10.0 Å². The van der Waals surface area contributed by atoms with E-state index in [1.54, 1.807) is 0 Å². The average Bonchev–Trinajstić information content (AvgIpc) is 2.86. The van der Waals surface area contributed by atoms with Crippen LogP contribution in [0.15, 0.2) is 6.20 Å². The molecule has 1 aromatic rings. The fraction of sp³-hybridized carbons (Fsp3) is 0.667. The highest BCUT2D eigenvalue weighted by atomic mass is 32.1. The molecule has 1 aliphatic rings. The Balaban J connectivity index is 2.02. The smallest absolute Gasteiger partial charge is 0.380 e. The van der Waals surface area contributed by atoms with Gasteiger partial charge in [0, 0.05) is 25.9 Å². The van der Waals surface area contributed by atoms with Crippen molar-refractivity contribution < 1.29 is 23.1 Å². The molecule has 0 atom stereocenters. The third-order valence-corrected chi connectivity index (χ3v) is 4.60. The average molecular weight is 308 g/mol. The van der Waals surface area contributed by atoms with Gasteiger partial charge in [-0.1, -0.05) is 6.92 Å². The number of aryl methyl sites for hydroxylation is 1. The molecule has 0 spiro atoms. The lowest BCUT2D eigenvalue weighted by Crippen LogP contribution is -2.54. The molecular weight excluding hydrogens is 293 g/mol. The van der Waals surface area contributed by atoms with Crippen LogP contribution in [0.2, 0.25) is 0 Å². The molecule has 0 unspecified atom stereocenters. The van der Waals surface area contributed by atoms with Gasteiger partial charge in [0.2, 0.25) is 0 Å². The van der Waals surface area contributed by atoms with Gasteiger partial charge in [-0.05, 0) is 6.42 Å². The molecule has 2 rings (SSSR count). The predicted molar refractivity (Wildman–Crippen MR) is 67.6 cm³/mol. The topological polar surface area (TPSA) is 53.4 Å². The zero-order chi connectivity index (χ0) is 15.0. The maximum Gasteiger partial charge on any atom is 0.417 e. The number of piperidine rings is 1. The third-order valence-electron chi connectivity index (χ3n) is 3.47. The summed E-state index contributed by atoms with van der Waals surface area (Å²) in [6.45, 7) is 1.71. The van der Waals surface area contributed by atoms with Crippen molar-refractivity contribution in [3.8, 4) is 0 Å². The SMILES string of the molecule is CCc1ncc(C(=O)N2CCC(O)(C(F)(F)F)CC2)s1. The summed E-state index contributed by atoms with van der Waals surface area (Å²) >= 11 is 1.25. The number of aliphatic hydroxyl groups is 1. The summed E-state index contributed by atoms with van der Waals surface area (Å²) in [5.41, 5.74) is -2.67. The zero-order valence-corrected chi connectivity index (χ0v) is 11.7. The van der Waals surface area contributed by atoms with Gasteiger partial charge in [-0.3, -0.25) is 4.79 Å². The summed E-state index contributed by atoms with van der Waals surface area (Å²) in [6, 6.07) is 0. The molecule has 1 N–H and O–H groups in total. The number of hydrogen-bond donors (Lipinski definition) is 1. The number of alkyl halides is 3. The Morgan fingerprint density at radius 3 is 2.55 bits per heavy atom. The van der Waals surface area contributed by atoms with Crippen LogP contribution < -0.4 is 0 Å². The summed E-state index contributed by atoms with van der Waals surface area (Å²) in [5, 5.41) is 10.4. The number of rotatable bonds is 2. The largest absolute Gasteiger partial charge is 0.417 e. The van der Waals surface area contributed by atoms with E-state index >= 15 is 0 Å². The van der Waals surface area contributed by atoms with Crippen LogP contribution in [-0.2, 0) is 6.42 Å². The molecule has 1 saturated heterocycles. The van der Waals surface area contributed by atoms with Crippen LogP contribution in [0.1, 0.15) is 34.4 Å². The van der Waals surface area contributed by atoms with Crippen molar-refractivity contribution in [3.05, 3.63) is 16.1 Å². The third kappa shape index (κ3) is 2.80. The van der Waals surface area contributed by atoms with Gasteiger partial charge in [0.1, 0.15) is 4.88 Å². The number of carbonyl (C=O) groups excluding carboxylic acids is 1. The van der Waals surface area contributed by atoms with E-state index in [1.165, 1.54) is 22.4 Å². The van der Waals surface area contributed by atoms with E-state index in [0.29, 0.717) is 11.3 Å². The first kappa shape index (κ1) is 15.2. The second-order valence-electron chi connectivity index (χ2n) is 4.79. The lowest BCUT2D eigenvalue weighted by Gasteiger charge is -2.38. The number of hydrogen-bond acceptors (Lipinski definition) is 4. The van der Waals surface area contributed by atoms with Gasteiger partial charge in [-0.25, -0.2) is 4.98 Å².